The van der Waals surface area contributed by atoms with E-state index < -0.39 is 0 Å². The number of nitrogens with zero attached hydrogens (tertiary/aromatic N) is 1. The highest BCUT2D eigenvalue weighted by molar-refractivity contribution is 4.92. The third kappa shape index (κ3) is 2.58. The summed E-state index contributed by atoms with van der Waals surface area (Å²) in [6, 6.07) is 1.54. The van der Waals surface area contributed by atoms with E-state index in [1.165, 1.54) is 32.4 Å². The normalized spacial score (nSPS) is 40.7. The minimum atomic E-state index is 0.534. The summed E-state index contributed by atoms with van der Waals surface area (Å²) < 4.78 is 5.35. The number of hydrogen-bond acceptors (Lipinski definition) is 3. The van der Waals surface area contributed by atoms with Crippen LogP contribution in [0.2, 0.25) is 0 Å². The van der Waals surface area contributed by atoms with Gasteiger partial charge in [-0.15, -0.1) is 0 Å². The van der Waals surface area contributed by atoms with Crippen molar-refractivity contribution in [1.29, 1.82) is 0 Å². The van der Waals surface area contributed by atoms with Gasteiger partial charge in [0.15, 0.2) is 0 Å². The van der Waals surface area contributed by atoms with Gasteiger partial charge in [-0.2, -0.15) is 0 Å². The van der Waals surface area contributed by atoms with Crippen LogP contribution in [0.25, 0.3) is 0 Å². The highest BCUT2D eigenvalue weighted by atomic mass is 16.5. The van der Waals surface area contributed by atoms with Crippen LogP contribution in [0.15, 0.2) is 0 Å². The van der Waals surface area contributed by atoms with Crippen molar-refractivity contribution < 1.29 is 4.74 Å². The maximum absolute atomic E-state index is 5.35. The minimum Gasteiger partial charge on any atom is -0.381 e. The smallest absolute Gasteiger partial charge is 0.0601 e. The molecule has 0 aromatic heterocycles. The molecule has 2 atom stereocenters. The van der Waals surface area contributed by atoms with Crippen molar-refractivity contribution in [3.8, 4) is 0 Å². The second kappa shape index (κ2) is 5.48. The monoisotopic (exact) mass is 226 g/mol. The molecule has 94 valence electrons. The Balaban J connectivity index is 1.75. The first-order chi connectivity index (χ1) is 7.74. The van der Waals surface area contributed by atoms with Gasteiger partial charge in [-0.25, -0.2) is 0 Å². The molecular weight excluding hydrogens is 200 g/mol. The third-order valence-electron chi connectivity index (χ3n) is 4.32. The highest BCUT2D eigenvalue weighted by Gasteiger charge is 2.37. The Morgan fingerprint density at radius 3 is 2.69 bits per heavy atom. The predicted molar refractivity (Wildman–Crippen MR) is 66.6 cm³/mol. The molecule has 1 aliphatic carbocycles. The van der Waals surface area contributed by atoms with Crippen LogP contribution in [0.1, 0.15) is 33.1 Å². The van der Waals surface area contributed by atoms with Crippen molar-refractivity contribution in [2.45, 2.75) is 51.3 Å². The van der Waals surface area contributed by atoms with Gasteiger partial charge < -0.3 is 10.1 Å². The van der Waals surface area contributed by atoms with Crippen molar-refractivity contribution >= 4 is 0 Å². The summed E-state index contributed by atoms with van der Waals surface area (Å²) in [5, 5.41) is 3.60. The first-order valence-corrected chi connectivity index (χ1v) is 6.74. The van der Waals surface area contributed by atoms with E-state index in [4.69, 9.17) is 4.74 Å². The van der Waals surface area contributed by atoms with E-state index in [0.717, 1.165) is 24.5 Å². The number of likely N-dealkylation sites (tertiary alicyclic amines) is 1. The fourth-order valence-electron chi connectivity index (χ4n) is 3.10. The summed E-state index contributed by atoms with van der Waals surface area (Å²) in [6.07, 6.45) is 4.33. The van der Waals surface area contributed by atoms with Gasteiger partial charge in [-0.05, 0) is 38.3 Å². The van der Waals surface area contributed by atoms with Crippen LogP contribution in [0.3, 0.4) is 0 Å². The molecule has 1 aliphatic heterocycles. The van der Waals surface area contributed by atoms with E-state index in [0.29, 0.717) is 6.10 Å². The van der Waals surface area contributed by atoms with Crippen LogP contribution < -0.4 is 5.32 Å². The number of rotatable bonds is 4. The third-order valence-corrected chi connectivity index (χ3v) is 4.32. The van der Waals surface area contributed by atoms with Gasteiger partial charge in [0.05, 0.1) is 6.10 Å². The summed E-state index contributed by atoms with van der Waals surface area (Å²) in [7, 11) is 1.83. The molecule has 1 saturated heterocycles. The van der Waals surface area contributed by atoms with Gasteiger partial charge in [0.2, 0.25) is 0 Å². The Kier molecular flexibility index (Phi) is 4.22. The Hall–Kier alpha value is -0.120. The van der Waals surface area contributed by atoms with E-state index in [1.54, 1.807) is 0 Å². The summed E-state index contributed by atoms with van der Waals surface area (Å²) in [6.45, 7) is 8.21. The standard InChI is InChI=1S/C13H26N2O/c1-4-14-13-5-6-15(9-10(13)2)11-7-12(8-11)16-3/h10-14H,4-9H2,1-3H3. The zero-order valence-electron chi connectivity index (χ0n) is 10.9. The second-order valence-corrected chi connectivity index (χ2v) is 5.41. The molecule has 0 spiro atoms. The van der Waals surface area contributed by atoms with E-state index in [1.807, 2.05) is 7.11 Å². The van der Waals surface area contributed by atoms with Gasteiger partial charge in [-0.1, -0.05) is 13.8 Å². The van der Waals surface area contributed by atoms with Crippen LogP contribution in [0.4, 0.5) is 0 Å². The quantitative estimate of drug-likeness (QED) is 0.786. The van der Waals surface area contributed by atoms with E-state index >= 15 is 0 Å². The Morgan fingerprint density at radius 2 is 2.12 bits per heavy atom. The number of piperidine rings is 1. The molecule has 1 saturated carbocycles. The maximum atomic E-state index is 5.35. The van der Waals surface area contributed by atoms with Crippen molar-refractivity contribution in [2.75, 3.05) is 26.7 Å². The lowest BCUT2D eigenvalue weighted by atomic mass is 9.84. The molecule has 0 aromatic rings. The van der Waals surface area contributed by atoms with Gasteiger partial charge in [0.1, 0.15) is 0 Å². The second-order valence-electron chi connectivity index (χ2n) is 5.41. The van der Waals surface area contributed by atoms with Crippen LogP contribution in [0, 0.1) is 5.92 Å². The molecule has 16 heavy (non-hydrogen) atoms. The van der Waals surface area contributed by atoms with Gasteiger partial charge in [-0.3, -0.25) is 4.90 Å². The van der Waals surface area contributed by atoms with E-state index in [2.05, 4.69) is 24.1 Å². The van der Waals surface area contributed by atoms with Gasteiger partial charge in [0, 0.05) is 25.7 Å². The number of methoxy groups -OCH3 is 1. The Morgan fingerprint density at radius 1 is 1.38 bits per heavy atom. The summed E-state index contributed by atoms with van der Waals surface area (Å²) in [5.74, 6) is 0.787. The molecule has 1 heterocycles. The van der Waals surface area contributed by atoms with Crippen molar-refractivity contribution in [3.05, 3.63) is 0 Å². The largest absolute Gasteiger partial charge is 0.381 e. The molecule has 3 heteroatoms. The highest BCUT2D eigenvalue weighted by Crippen LogP contribution is 2.31. The number of hydrogen-bond donors (Lipinski definition) is 1. The summed E-state index contributed by atoms with van der Waals surface area (Å²) in [5.41, 5.74) is 0. The molecule has 0 radical (unpaired) electrons. The topological polar surface area (TPSA) is 24.5 Å². The van der Waals surface area contributed by atoms with Crippen LogP contribution in [-0.2, 0) is 4.74 Å². The molecule has 1 N–H and O–H groups in total. The zero-order chi connectivity index (χ0) is 11.5. The lowest BCUT2D eigenvalue weighted by Gasteiger charge is -2.47. The lowest BCUT2D eigenvalue weighted by Crippen LogP contribution is -2.55. The van der Waals surface area contributed by atoms with Crippen molar-refractivity contribution in [1.82, 2.24) is 10.2 Å². The van der Waals surface area contributed by atoms with E-state index in [-0.39, 0.29) is 0 Å². The molecular formula is C13H26N2O. The van der Waals surface area contributed by atoms with Crippen LogP contribution >= 0.6 is 0 Å². The molecule has 2 rings (SSSR count). The fraction of sp³-hybridized carbons (Fsp3) is 1.00. The van der Waals surface area contributed by atoms with Crippen molar-refractivity contribution in [2.24, 2.45) is 5.92 Å². The van der Waals surface area contributed by atoms with E-state index in [9.17, 15) is 0 Å². The lowest BCUT2D eigenvalue weighted by molar-refractivity contribution is -0.0411. The Labute approximate surface area is 99.5 Å². The predicted octanol–water partition coefficient (Wildman–Crippen LogP) is 1.48. The van der Waals surface area contributed by atoms with Gasteiger partial charge >= 0.3 is 0 Å². The molecule has 0 aromatic carbocycles. The average Bonchev–Trinajstić information content (AvgIpc) is 2.21. The van der Waals surface area contributed by atoms with Crippen molar-refractivity contribution in [3.63, 3.8) is 0 Å². The SMILES string of the molecule is CCNC1CCN(C2CC(OC)C2)CC1C. The average molecular weight is 226 g/mol. The molecule has 2 aliphatic rings. The molecule has 0 amide bonds. The molecule has 0 bridgehead atoms. The Bertz CT molecular complexity index is 216. The first-order valence-electron chi connectivity index (χ1n) is 6.74. The number of ether oxygens (including phenoxy) is 1. The molecule has 3 nitrogen and oxygen atoms in total. The fourth-order valence-corrected chi connectivity index (χ4v) is 3.10. The number of nitrogens with one attached hydrogen (secondary N) is 1. The molecule has 2 fully saturated rings. The van der Waals surface area contributed by atoms with Gasteiger partial charge in [0.25, 0.3) is 0 Å². The maximum Gasteiger partial charge on any atom is 0.0601 e. The zero-order valence-corrected chi connectivity index (χ0v) is 10.9. The summed E-state index contributed by atoms with van der Waals surface area (Å²) in [4.78, 5) is 2.67. The minimum absolute atomic E-state index is 0.534. The van der Waals surface area contributed by atoms with Crippen LogP contribution in [-0.4, -0.2) is 49.8 Å². The first kappa shape index (κ1) is 12.3. The summed E-state index contributed by atoms with van der Waals surface area (Å²) >= 11 is 0. The molecule has 2 unspecified atom stereocenters. The van der Waals surface area contributed by atoms with Crippen LogP contribution in [0.5, 0.6) is 0 Å².